The highest BCUT2D eigenvalue weighted by atomic mass is 16.7. The number of hydrogen-bond donors (Lipinski definition) is 0. The van der Waals surface area contributed by atoms with E-state index in [1.165, 1.54) is 0 Å². The molecule has 0 atom stereocenters. The first-order chi connectivity index (χ1) is 12.3. The van der Waals surface area contributed by atoms with Gasteiger partial charge in [0.25, 0.3) is 5.56 Å². The van der Waals surface area contributed by atoms with E-state index in [0.717, 1.165) is 27.9 Å². The van der Waals surface area contributed by atoms with Gasteiger partial charge in [-0.05, 0) is 24.3 Å². The van der Waals surface area contributed by atoms with E-state index < -0.39 is 0 Å². The maximum absolute atomic E-state index is 12.8. The van der Waals surface area contributed by atoms with E-state index >= 15 is 0 Å². The minimum atomic E-state index is -0.0307. The van der Waals surface area contributed by atoms with Crippen LogP contribution in [0.4, 0.5) is 0 Å². The molecule has 2 aliphatic heterocycles. The van der Waals surface area contributed by atoms with Gasteiger partial charge in [0, 0.05) is 17.0 Å². The predicted octanol–water partition coefficient (Wildman–Crippen LogP) is 2.70. The van der Waals surface area contributed by atoms with Crippen molar-refractivity contribution in [1.29, 1.82) is 0 Å². The van der Waals surface area contributed by atoms with Gasteiger partial charge in [0.05, 0.1) is 23.0 Å². The van der Waals surface area contributed by atoms with Crippen molar-refractivity contribution < 1.29 is 9.47 Å². The molecule has 25 heavy (non-hydrogen) atoms. The summed E-state index contributed by atoms with van der Waals surface area (Å²) >= 11 is 0. The molecule has 0 bridgehead atoms. The number of fused-ring (bicyclic) bond motifs is 6. The number of rotatable bonds is 0. The van der Waals surface area contributed by atoms with Gasteiger partial charge >= 0.3 is 0 Å². The fourth-order valence-electron chi connectivity index (χ4n) is 3.59. The summed E-state index contributed by atoms with van der Waals surface area (Å²) in [5.74, 6) is 2.05. The molecule has 0 unspecified atom stereocenters. The smallest absolute Gasteiger partial charge is 0.262 e. The maximum atomic E-state index is 12.8. The van der Waals surface area contributed by atoms with Crippen molar-refractivity contribution >= 4 is 21.8 Å². The van der Waals surface area contributed by atoms with Crippen molar-refractivity contribution in [2.75, 3.05) is 6.79 Å². The molecule has 6 nitrogen and oxygen atoms in total. The number of ether oxygens (including phenoxy) is 2. The van der Waals surface area contributed by atoms with E-state index in [0.29, 0.717) is 29.0 Å². The predicted molar refractivity (Wildman–Crippen MR) is 92.0 cm³/mol. The highest BCUT2D eigenvalue weighted by Crippen LogP contribution is 2.38. The van der Waals surface area contributed by atoms with Crippen LogP contribution < -0.4 is 15.0 Å². The van der Waals surface area contributed by atoms with Gasteiger partial charge in [0.15, 0.2) is 17.3 Å². The summed E-state index contributed by atoms with van der Waals surface area (Å²) in [6.07, 6.45) is 0. The molecule has 0 aliphatic carbocycles. The molecule has 0 radical (unpaired) electrons. The lowest BCUT2D eigenvalue weighted by molar-refractivity contribution is 0.174. The molecule has 2 aliphatic rings. The van der Waals surface area contributed by atoms with E-state index in [4.69, 9.17) is 14.5 Å². The number of pyridine rings is 1. The van der Waals surface area contributed by atoms with Gasteiger partial charge in [0.2, 0.25) is 6.79 Å². The minimum absolute atomic E-state index is 0.0307. The first-order valence-electron chi connectivity index (χ1n) is 8.01. The normalized spacial score (nSPS) is 14.1. The van der Waals surface area contributed by atoms with Gasteiger partial charge in [-0.1, -0.05) is 12.1 Å². The van der Waals surface area contributed by atoms with E-state index in [2.05, 4.69) is 11.1 Å². The Morgan fingerprint density at radius 3 is 2.72 bits per heavy atom. The van der Waals surface area contributed by atoms with Crippen LogP contribution in [0.1, 0.15) is 5.56 Å². The van der Waals surface area contributed by atoms with Crippen LogP contribution in [-0.4, -0.2) is 21.3 Å². The van der Waals surface area contributed by atoms with Gasteiger partial charge in [-0.3, -0.25) is 9.36 Å². The molecule has 0 amide bonds. The van der Waals surface area contributed by atoms with Crippen LogP contribution in [0.3, 0.4) is 0 Å². The molecule has 4 heterocycles. The van der Waals surface area contributed by atoms with Crippen LogP contribution in [0.2, 0.25) is 0 Å². The Morgan fingerprint density at radius 1 is 0.960 bits per heavy atom. The Balaban J connectivity index is 1.66. The minimum Gasteiger partial charge on any atom is -0.454 e. The fourth-order valence-corrected chi connectivity index (χ4v) is 3.59. The summed E-state index contributed by atoms with van der Waals surface area (Å²) in [5.41, 5.74) is 3.22. The molecule has 0 spiro atoms. The molecule has 0 saturated carbocycles. The summed E-state index contributed by atoms with van der Waals surface area (Å²) in [7, 11) is 0. The Hall–Kier alpha value is -3.41. The molecule has 120 valence electrons. The molecule has 2 aromatic carbocycles. The number of para-hydroxylation sites is 1. The van der Waals surface area contributed by atoms with E-state index in [-0.39, 0.29) is 12.4 Å². The molecular weight excluding hydrogens is 318 g/mol. The van der Waals surface area contributed by atoms with Gasteiger partial charge in [-0.15, -0.1) is 0 Å². The molecule has 4 aromatic rings. The number of benzene rings is 2. The van der Waals surface area contributed by atoms with Crippen LogP contribution in [0.15, 0.2) is 47.3 Å². The summed E-state index contributed by atoms with van der Waals surface area (Å²) in [6, 6.07) is 13.3. The molecule has 6 heteroatoms. The zero-order chi connectivity index (χ0) is 16.5. The van der Waals surface area contributed by atoms with Gasteiger partial charge in [-0.25, -0.2) is 9.97 Å². The Bertz CT molecular complexity index is 1280. The lowest BCUT2D eigenvalue weighted by Gasteiger charge is -2.05. The summed E-state index contributed by atoms with van der Waals surface area (Å²) in [6.45, 7) is 0.718. The quantitative estimate of drug-likeness (QED) is 0.437. The second-order valence-corrected chi connectivity index (χ2v) is 6.24. The average molecular weight is 329 g/mol. The van der Waals surface area contributed by atoms with Crippen LogP contribution in [0.5, 0.6) is 11.5 Å². The number of hydrogen-bond acceptors (Lipinski definition) is 5. The lowest BCUT2D eigenvalue weighted by atomic mass is 10.1. The molecule has 0 N–H and O–H groups in total. The van der Waals surface area contributed by atoms with Crippen molar-refractivity contribution in [3.63, 3.8) is 0 Å². The standard InChI is InChI=1S/C19H11N3O3/c23-19-12-3-1-2-4-13(12)21-18-17-11(8-22(18)19)5-10-6-15-16(25-9-24-15)7-14(10)20-17/h1-7H,8-9H2. The summed E-state index contributed by atoms with van der Waals surface area (Å²) in [5, 5.41) is 1.60. The van der Waals surface area contributed by atoms with E-state index in [9.17, 15) is 4.79 Å². The first kappa shape index (κ1) is 12.9. The van der Waals surface area contributed by atoms with Crippen LogP contribution in [0, 0.1) is 0 Å². The topological polar surface area (TPSA) is 66.2 Å². The Morgan fingerprint density at radius 2 is 1.80 bits per heavy atom. The van der Waals surface area contributed by atoms with Crippen molar-refractivity contribution in [3.8, 4) is 23.0 Å². The zero-order valence-corrected chi connectivity index (χ0v) is 13.0. The number of nitrogens with zero attached hydrogens (tertiary/aromatic N) is 3. The molecule has 6 rings (SSSR count). The van der Waals surface area contributed by atoms with Gasteiger partial charge in [0.1, 0.15) is 5.69 Å². The highest BCUT2D eigenvalue weighted by molar-refractivity contribution is 5.87. The second kappa shape index (κ2) is 4.36. The zero-order valence-electron chi connectivity index (χ0n) is 13.0. The SMILES string of the molecule is O=c1c2ccccc2nc2n1Cc1cc3cc4c(cc3nc1-2)OCO4. The van der Waals surface area contributed by atoms with Crippen LogP contribution in [-0.2, 0) is 6.54 Å². The highest BCUT2D eigenvalue weighted by Gasteiger charge is 2.25. The van der Waals surface area contributed by atoms with Crippen molar-refractivity contribution in [2.45, 2.75) is 6.54 Å². The van der Waals surface area contributed by atoms with Gasteiger partial charge < -0.3 is 9.47 Å². The third-order valence-electron chi connectivity index (χ3n) is 4.79. The van der Waals surface area contributed by atoms with Crippen LogP contribution >= 0.6 is 0 Å². The summed E-state index contributed by atoms with van der Waals surface area (Å²) < 4.78 is 12.6. The third-order valence-corrected chi connectivity index (χ3v) is 4.79. The largest absolute Gasteiger partial charge is 0.454 e. The van der Waals surface area contributed by atoms with Crippen LogP contribution in [0.25, 0.3) is 33.3 Å². The van der Waals surface area contributed by atoms with Crippen molar-refractivity contribution in [1.82, 2.24) is 14.5 Å². The third kappa shape index (κ3) is 1.65. The summed E-state index contributed by atoms with van der Waals surface area (Å²) in [4.78, 5) is 22.2. The Kier molecular flexibility index (Phi) is 2.26. The average Bonchev–Trinajstić information content (AvgIpc) is 3.22. The van der Waals surface area contributed by atoms with Crippen molar-refractivity contribution in [2.24, 2.45) is 0 Å². The molecule has 0 fully saturated rings. The Labute approximate surface area is 141 Å². The van der Waals surface area contributed by atoms with E-state index in [1.807, 2.05) is 36.4 Å². The number of aromatic nitrogens is 3. The molecule has 0 saturated heterocycles. The lowest BCUT2D eigenvalue weighted by Crippen LogP contribution is -2.20. The second-order valence-electron chi connectivity index (χ2n) is 6.24. The first-order valence-corrected chi connectivity index (χ1v) is 8.01. The van der Waals surface area contributed by atoms with Gasteiger partial charge in [-0.2, -0.15) is 0 Å². The molecular formula is C19H11N3O3. The monoisotopic (exact) mass is 329 g/mol. The van der Waals surface area contributed by atoms with Crippen molar-refractivity contribution in [3.05, 3.63) is 58.4 Å². The maximum Gasteiger partial charge on any atom is 0.262 e. The fraction of sp³-hybridized carbons (Fsp3) is 0.105. The molecule has 2 aromatic heterocycles. The van der Waals surface area contributed by atoms with E-state index in [1.54, 1.807) is 4.57 Å².